The number of hydrogen-bond donors (Lipinski definition) is 1. The topological polar surface area (TPSA) is 83.1 Å². The highest BCUT2D eigenvalue weighted by atomic mass is 16.6. The number of carbonyl (C=O) groups is 2. The summed E-state index contributed by atoms with van der Waals surface area (Å²) in [5.74, 6) is 0.163. The number of hydrogen-bond acceptors (Lipinski definition) is 7. The van der Waals surface area contributed by atoms with Crippen molar-refractivity contribution in [2.45, 2.75) is 65.1 Å². The van der Waals surface area contributed by atoms with Crippen molar-refractivity contribution in [1.29, 1.82) is 0 Å². The van der Waals surface area contributed by atoms with Crippen LogP contribution in [0.5, 0.6) is 11.5 Å². The van der Waals surface area contributed by atoms with Crippen LogP contribution in [0.25, 0.3) is 0 Å². The molecule has 1 aliphatic carbocycles. The van der Waals surface area contributed by atoms with Crippen LogP contribution in [0, 0.1) is 5.41 Å². The number of nitrogens with one attached hydrogen (secondary N) is 1. The Kier molecular flexibility index (Phi) is 7.80. The van der Waals surface area contributed by atoms with Gasteiger partial charge in [-0.1, -0.05) is 50.2 Å². The van der Waals surface area contributed by atoms with Crippen molar-refractivity contribution in [3.8, 4) is 11.5 Å². The fourth-order valence-corrected chi connectivity index (χ4v) is 5.78. The number of Topliss-reactive ketones (excluding diaryl/α,β-unsaturated/α-hetero) is 1. The quantitative estimate of drug-likeness (QED) is 0.444. The average Bonchev–Trinajstić information content (AvgIpc) is 3.43. The molecule has 2 heterocycles. The Morgan fingerprint density at radius 1 is 1.10 bits per heavy atom. The van der Waals surface area contributed by atoms with Gasteiger partial charge in [-0.2, -0.15) is 0 Å². The maximum absolute atomic E-state index is 13.6. The zero-order chi connectivity index (χ0) is 27.6. The van der Waals surface area contributed by atoms with E-state index >= 15 is 0 Å². The van der Waals surface area contributed by atoms with E-state index in [2.05, 4.69) is 19.2 Å². The third-order valence-electron chi connectivity index (χ3n) is 7.64. The monoisotopic (exact) mass is 531 g/mol. The number of rotatable bonds is 8. The third-order valence-corrected chi connectivity index (χ3v) is 7.64. The van der Waals surface area contributed by atoms with Crippen LogP contribution in [0.15, 0.2) is 71.1 Å². The lowest BCUT2D eigenvalue weighted by Crippen LogP contribution is -2.39. The molecule has 0 bridgehead atoms. The highest BCUT2D eigenvalue weighted by molar-refractivity contribution is 6.04. The molecule has 2 atom stereocenters. The molecule has 7 nitrogen and oxygen atoms in total. The molecule has 0 spiro atoms. The van der Waals surface area contributed by atoms with Gasteiger partial charge in [0.2, 0.25) is 0 Å². The van der Waals surface area contributed by atoms with Gasteiger partial charge >= 0.3 is 5.97 Å². The predicted molar refractivity (Wildman–Crippen MR) is 147 cm³/mol. The molecule has 1 N–H and O–H groups in total. The molecular weight excluding hydrogens is 494 g/mol. The highest BCUT2D eigenvalue weighted by Gasteiger charge is 2.43. The van der Waals surface area contributed by atoms with Crippen LogP contribution in [0.3, 0.4) is 0 Å². The Morgan fingerprint density at radius 2 is 1.90 bits per heavy atom. The molecule has 2 aromatic carbocycles. The van der Waals surface area contributed by atoms with Gasteiger partial charge in [-0.3, -0.25) is 4.79 Å². The first-order valence-corrected chi connectivity index (χ1v) is 13.6. The van der Waals surface area contributed by atoms with Gasteiger partial charge in [-0.25, -0.2) is 4.79 Å². The number of allylic oxidation sites excluding steroid dienone is 3. The molecule has 2 aromatic rings. The summed E-state index contributed by atoms with van der Waals surface area (Å²) in [6, 6.07) is 15.5. The minimum Gasteiger partial charge on any atom is -0.493 e. The van der Waals surface area contributed by atoms with Crippen LogP contribution >= 0.6 is 0 Å². The van der Waals surface area contributed by atoms with Gasteiger partial charge in [0, 0.05) is 35.9 Å². The molecular formula is C32H37NO6. The standard InChI is InChI=1S/C32H37NO6/c1-20-28(31(35)39-19-23-11-8-14-37-23)29(30-24(33-20)16-32(2,3)17-25(30)34)22-12-13-26(27(15-22)36-4)38-18-21-9-6-5-7-10-21/h5-7,9-10,12-13,15,23,29,33H,8,11,14,16-19H2,1-4H3/t23-,29+/m1/s1. The molecule has 206 valence electrons. The Hall–Kier alpha value is -3.58. The number of methoxy groups -OCH3 is 1. The van der Waals surface area contributed by atoms with Crippen molar-refractivity contribution in [3.63, 3.8) is 0 Å². The third kappa shape index (κ3) is 5.88. The van der Waals surface area contributed by atoms with Gasteiger partial charge in [0.05, 0.1) is 18.8 Å². The van der Waals surface area contributed by atoms with Crippen LogP contribution in [0.2, 0.25) is 0 Å². The first kappa shape index (κ1) is 27.0. The number of benzene rings is 2. The highest BCUT2D eigenvalue weighted by Crippen LogP contribution is 2.48. The van der Waals surface area contributed by atoms with Crippen molar-refractivity contribution in [1.82, 2.24) is 5.32 Å². The molecule has 1 saturated heterocycles. The zero-order valence-electron chi connectivity index (χ0n) is 23.2. The van der Waals surface area contributed by atoms with E-state index in [9.17, 15) is 9.59 Å². The Bertz CT molecular complexity index is 1300. The van der Waals surface area contributed by atoms with E-state index < -0.39 is 11.9 Å². The molecule has 2 aliphatic heterocycles. The minimum absolute atomic E-state index is 0.0408. The zero-order valence-corrected chi connectivity index (χ0v) is 23.2. The van der Waals surface area contributed by atoms with Crippen molar-refractivity contribution < 1.29 is 28.5 Å². The molecule has 0 amide bonds. The fourth-order valence-electron chi connectivity index (χ4n) is 5.78. The summed E-state index contributed by atoms with van der Waals surface area (Å²) >= 11 is 0. The number of esters is 1. The normalized spacial score (nSPS) is 22.3. The van der Waals surface area contributed by atoms with E-state index in [4.69, 9.17) is 18.9 Å². The Balaban J connectivity index is 1.49. The lowest BCUT2D eigenvalue weighted by molar-refractivity contribution is -0.142. The van der Waals surface area contributed by atoms with Crippen LogP contribution in [-0.4, -0.2) is 38.2 Å². The second kappa shape index (κ2) is 11.3. The van der Waals surface area contributed by atoms with Crippen molar-refractivity contribution in [2.24, 2.45) is 5.41 Å². The molecule has 5 rings (SSSR count). The second-order valence-corrected chi connectivity index (χ2v) is 11.3. The molecule has 0 radical (unpaired) electrons. The SMILES string of the molecule is COc1cc([C@H]2C(C(=O)OC[C@H]3CCCO3)=C(C)NC3=C2C(=O)CC(C)(C)C3)ccc1OCc1ccccc1. The summed E-state index contributed by atoms with van der Waals surface area (Å²) in [5, 5.41) is 3.39. The van der Waals surface area contributed by atoms with E-state index in [0.29, 0.717) is 48.0 Å². The summed E-state index contributed by atoms with van der Waals surface area (Å²) in [6.45, 7) is 7.35. The maximum atomic E-state index is 13.6. The van der Waals surface area contributed by atoms with Crippen molar-refractivity contribution >= 4 is 11.8 Å². The molecule has 0 aromatic heterocycles. The largest absolute Gasteiger partial charge is 0.493 e. The molecule has 3 aliphatic rings. The summed E-state index contributed by atoms with van der Waals surface area (Å²) in [5.41, 5.74) is 4.30. The first-order chi connectivity index (χ1) is 18.8. The first-order valence-electron chi connectivity index (χ1n) is 13.6. The lowest BCUT2D eigenvalue weighted by atomic mass is 9.68. The molecule has 7 heteroatoms. The van der Waals surface area contributed by atoms with Crippen LogP contribution in [0.4, 0.5) is 0 Å². The van der Waals surface area contributed by atoms with Crippen LogP contribution < -0.4 is 14.8 Å². The van der Waals surface area contributed by atoms with E-state index in [-0.39, 0.29) is 23.9 Å². The van der Waals surface area contributed by atoms with E-state index in [1.54, 1.807) is 7.11 Å². The molecule has 1 fully saturated rings. The summed E-state index contributed by atoms with van der Waals surface area (Å²) < 4.78 is 23.2. The second-order valence-electron chi connectivity index (χ2n) is 11.3. The average molecular weight is 532 g/mol. The van der Waals surface area contributed by atoms with Crippen molar-refractivity contribution in [3.05, 3.63) is 82.2 Å². The number of carbonyl (C=O) groups excluding carboxylic acids is 2. The van der Waals surface area contributed by atoms with Gasteiger partial charge in [0.1, 0.15) is 13.2 Å². The molecule has 0 saturated carbocycles. The van der Waals surface area contributed by atoms with E-state index in [1.807, 2.05) is 55.5 Å². The number of ether oxygens (including phenoxy) is 4. The fraction of sp³-hybridized carbons (Fsp3) is 0.438. The molecule has 39 heavy (non-hydrogen) atoms. The minimum atomic E-state index is -0.570. The maximum Gasteiger partial charge on any atom is 0.336 e. The Morgan fingerprint density at radius 3 is 2.62 bits per heavy atom. The number of dihydropyridines is 1. The van der Waals surface area contributed by atoms with Gasteiger partial charge in [0.25, 0.3) is 0 Å². The van der Waals surface area contributed by atoms with E-state index in [0.717, 1.165) is 36.1 Å². The summed E-state index contributed by atoms with van der Waals surface area (Å²) in [6.07, 6.45) is 2.88. The Labute approximate surface area is 230 Å². The van der Waals surface area contributed by atoms with Gasteiger partial charge in [-0.05, 0) is 54.9 Å². The smallest absolute Gasteiger partial charge is 0.336 e. The molecule has 0 unspecified atom stereocenters. The predicted octanol–water partition coefficient (Wildman–Crippen LogP) is 5.60. The number of ketones is 1. The van der Waals surface area contributed by atoms with E-state index in [1.165, 1.54) is 0 Å². The van der Waals surface area contributed by atoms with Crippen LogP contribution in [-0.2, 0) is 25.7 Å². The van der Waals surface area contributed by atoms with Crippen LogP contribution in [0.1, 0.15) is 63.5 Å². The summed E-state index contributed by atoms with van der Waals surface area (Å²) in [7, 11) is 1.59. The van der Waals surface area contributed by atoms with Crippen molar-refractivity contribution in [2.75, 3.05) is 20.3 Å². The summed E-state index contributed by atoms with van der Waals surface area (Å²) in [4.78, 5) is 27.2. The van der Waals surface area contributed by atoms with Gasteiger partial charge in [-0.15, -0.1) is 0 Å². The van der Waals surface area contributed by atoms with Gasteiger partial charge in [0.15, 0.2) is 17.3 Å². The lowest BCUT2D eigenvalue weighted by Gasteiger charge is -2.39. The van der Waals surface area contributed by atoms with Gasteiger partial charge < -0.3 is 24.3 Å².